The predicted molar refractivity (Wildman–Crippen MR) is 91.7 cm³/mol. The molecule has 0 aliphatic rings. The summed E-state index contributed by atoms with van der Waals surface area (Å²) in [5.41, 5.74) is 0.933. The molecule has 0 spiro atoms. The highest BCUT2D eigenvalue weighted by Crippen LogP contribution is 2.21. The van der Waals surface area contributed by atoms with Crippen LogP contribution in [0.1, 0.15) is 33.3 Å². The van der Waals surface area contributed by atoms with E-state index >= 15 is 0 Å². The maximum Gasteiger partial charge on any atom is 0.260 e. The van der Waals surface area contributed by atoms with Crippen LogP contribution in [0.15, 0.2) is 18.2 Å². The largest absolute Gasteiger partial charge is 0.481 e. The quantitative estimate of drug-likeness (QED) is 0.797. The van der Waals surface area contributed by atoms with Gasteiger partial charge in [0.25, 0.3) is 5.91 Å². The molecule has 0 radical (unpaired) electrons. The summed E-state index contributed by atoms with van der Waals surface area (Å²) in [6.45, 7) is 12.5. The summed E-state index contributed by atoms with van der Waals surface area (Å²) in [4.78, 5) is 14.4. The van der Waals surface area contributed by atoms with Gasteiger partial charge in [0.15, 0.2) is 6.10 Å². The van der Waals surface area contributed by atoms with Crippen LogP contribution in [0.25, 0.3) is 0 Å². The minimum Gasteiger partial charge on any atom is -0.481 e. The van der Waals surface area contributed by atoms with E-state index < -0.39 is 6.10 Å². The number of hydrogen-bond acceptors (Lipinski definition) is 3. The fourth-order valence-electron chi connectivity index (χ4n) is 2.20. The summed E-state index contributed by atoms with van der Waals surface area (Å²) in [5, 5.41) is 3.61. The standard InChI is InChI=1S/C17H27ClN2O2/c1-6-20(12(2)3)10-9-19-17(21)14(5)22-15-7-8-16(18)13(4)11-15/h7-8,11-12,14H,6,9-10H2,1-5H3,(H,19,21). The van der Waals surface area contributed by atoms with Gasteiger partial charge in [-0.25, -0.2) is 0 Å². The second kappa shape index (κ2) is 9.01. The normalized spacial score (nSPS) is 12.5. The van der Waals surface area contributed by atoms with Crippen LogP contribution in [0.3, 0.4) is 0 Å². The summed E-state index contributed by atoms with van der Waals surface area (Å²) in [6, 6.07) is 5.87. The lowest BCUT2D eigenvalue weighted by Gasteiger charge is -2.25. The van der Waals surface area contributed by atoms with Gasteiger partial charge in [0.1, 0.15) is 5.75 Å². The summed E-state index contributed by atoms with van der Waals surface area (Å²) in [5.74, 6) is 0.550. The van der Waals surface area contributed by atoms with Crippen LogP contribution in [0.5, 0.6) is 5.75 Å². The molecule has 0 fully saturated rings. The number of likely N-dealkylation sites (N-methyl/N-ethyl adjacent to an activating group) is 1. The molecule has 0 aliphatic heterocycles. The number of hydrogen-bond donors (Lipinski definition) is 1. The number of halogens is 1. The molecule has 0 saturated carbocycles. The van der Waals surface area contributed by atoms with Crippen molar-refractivity contribution in [3.8, 4) is 5.75 Å². The molecule has 0 aliphatic carbocycles. The first-order valence-corrected chi connectivity index (χ1v) is 8.17. The molecular formula is C17H27ClN2O2. The summed E-state index contributed by atoms with van der Waals surface area (Å²) >= 11 is 5.98. The number of nitrogens with zero attached hydrogens (tertiary/aromatic N) is 1. The third kappa shape index (κ3) is 5.85. The average Bonchev–Trinajstić information content (AvgIpc) is 2.46. The zero-order chi connectivity index (χ0) is 16.7. The Morgan fingerprint density at radius 3 is 2.59 bits per heavy atom. The maximum atomic E-state index is 12.1. The van der Waals surface area contributed by atoms with E-state index in [4.69, 9.17) is 16.3 Å². The van der Waals surface area contributed by atoms with Crippen molar-refractivity contribution in [1.82, 2.24) is 10.2 Å². The van der Waals surface area contributed by atoms with E-state index in [0.717, 1.165) is 18.7 Å². The highest BCUT2D eigenvalue weighted by Gasteiger charge is 2.15. The molecule has 22 heavy (non-hydrogen) atoms. The third-order valence-electron chi connectivity index (χ3n) is 3.65. The molecule has 0 aromatic heterocycles. The Morgan fingerprint density at radius 1 is 1.36 bits per heavy atom. The molecule has 0 heterocycles. The Morgan fingerprint density at radius 2 is 2.05 bits per heavy atom. The van der Waals surface area contributed by atoms with Crippen LogP contribution >= 0.6 is 11.6 Å². The van der Waals surface area contributed by atoms with Crippen molar-refractivity contribution in [2.45, 2.75) is 46.8 Å². The minimum atomic E-state index is -0.533. The van der Waals surface area contributed by atoms with Crippen LogP contribution in [-0.2, 0) is 4.79 Å². The summed E-state index contributed by atoms with van der Waals surface area (Å²) < 4.78 is 5.66. The van der Waals surface area contributed by atoms with Gasteiger partial charge in [-0.05, 0) is 58.0 Å². The fraction of sp³-hybridized carbons (Fsp3) is 0.588. The second-order valence-corrected chi connectivity index (χ2v) is 6.09. The van der Waals surface area contributed by atoms with Crippen molar-refractivity contribution in [3.63, 3.8) is 0 Å². The number of amides is 1. The Bertz CT molecular complexity index is 492. The SMILES string of the molecule is CCN(CCNC(=O)C(C)Oc1ccc(Cl)c(C)c1)C(C)C. The Hall–Kier alpha value is -1.26. The van der Waals surface area contributed by atoms with Crippen LogP contribution in [-0.4, -0.2) is 42.6 Å². The summed E-state index contributed by atoms with van der Waals surface area (Å²) in [6.07, 6.45) is -0.533. The molecule has 1 unspecified atom stereocenters. The van der Waals surface area contributed by atoms with E-state index in [9.17, 15) is 4.79 Å². The van der Waals surface area contributed by atoms with E-state index in [0.29, 0.717) is 23.4 Å². The first-order valence-electron chi connectivity index (χ1n) is 7.79. The van der Waals surface area contributed by atoms with Crippen molar-refractivity contribution < 1.29 is 9.53 Å². The Kier molecular flexibility index (Phi) is 7.69. The lowest BCUT2D eigenvalue weighted by Crippen LogP contribution is -2.42. The molecule has 1 aromatic rings. The first kappa shape index (κ1) is 18.8. The zero-order valence-corrected chi connectivity index (χ0v) is 14.9. The first-order chi connectivity index (χ1) is 10.3. The lowest BCUT2D eigenvalue weighted by atomic mass is 10.2. The van der Waals surface area contributed by atoms with E-state index in [1.165, 1.54) is 0 Å². The van der Waals surface area contributed by atoms with Gasteiger partial charge in [-0.3, -0.25) is 9.69 Å². The van der Waals surface area contributed by atoms with E-state index in [2.05, 4.69) is 31.0 Å². The van der Waals surface area contributed by atoms with Gasteiger partial charge in [0.05, 0.1) is 0 Å². The third-order valence-corrected chi connectivity index (χ3v) is 4.07. The van der Waals surface area contributed by atoms with Gasteiger partial charge >= 0.3 is 0 Å². The highest BCUT2D eigenvalue weighted by atomic mass is 35.5. The molecule has 1 rings (SSSR count). The number of rotatable bonds is 8. The van der Waals surface area contributed by atoms with E-state index in [1.807, 2.05) is 13.0 Å². The highest BCUT2D eigenvalue weighted by molar-refractivity contribution is 6.31. The number of carbonyl (C=O) groups is 1. The number of aryl methyl sites for hydroxylation is 1. The summed E-state index contributed by atoms with van der Waals surface area (Å²) in [7, 11) is 0. The van der Waals surface area contributed by atoms with Crippen LogP contribution in [0, 0.1) is 6.92 Å². The van der Waals surface area contributed by atoms with Crippen LogP contribution in [0.4, 0.5) is 0 Å². The van der Waals surface area contributed by atoms with Crippen molar-refractivity contribution >= 4 is 17.5 Å². The number of ether oxygens (including phenoxy) is 1. The van der Waals surface area contributed by atoms with E-state index in [1.54, 1.807) is 19.1 Å². The van der Waals surface area contributed by atoms with Gasteiger partial charge in [-0.1, -0.05) is 18.5 Å². The Labute approximate surface area is 138 Å². The lowest BCUT2D eigenvalue weighted by molar-refractivity contribution is -0.127. The number of benzene rings is 1. The molecule has 124 valence electrons. The minimum absolute atomic E-state index is 0.104. The molecule has 1 atom stereocenters. The van der Waals surface area contributed by atoms with Crippen molar-refractivity contribution in [1.29, 1.82) is 0 Å². The zero-order valence-electron chi connectivity index (χ0n) is 14.1. The predicted octanol–water partition coefficient (Wildman–Crippen LogP) is 3.26. The van der Waals surface area contributed by atoms with E-state index in [-0.39, 0.29) is 5.91 Å². The molecule has 4 nitrogen and oxygen atoms in total. The van der Waals surface area contributed by atoms with Crippen LogP contribution in [0.2, 0.25) is 5.02 Å². The fourth-order valence-corrected chi connectivity index (χ4v) is 2.31. The second-order valence-electron chi connectivity index (χ2n) is 5.68. The molecule has 1 N–H and O–H groups in total. The Balaban J connectivity index is 2.43. The van der Waals surface area contributed by atoms with Crippen molar-refractivity contribution in [2.24, 2.45) is 0 Å². The molecule has 5 heteroatoms. The molecule has 1 amide bonds. The topological polar surface area (TPSA) is 41.6 Å². The van der Waals surface area contributed by atoms with Gasteiger partial charge < -0.3 is 10.1 Å². The monoisotopic (exact) mass is 326 g/mol. The van der Waals surface area contributed by atoms with Crippen LogP contribution < -0.4 is 10.1 Å². The van der Waals surface area contributed by atoms with Gasteiger partial charge in [-0.15, -0.1) is 0 Å². The molecule has 0 saturated heterocycles. The van der Waals surface area contributed by atoms with Gasteiger partial charge in [0, 0.05) is 24.2 Å². The number of nitrogens with one attached hydrogen (secondary N) is 1. The smallest absolute Gasteiger partial charge is 0.260 e. The molecule has 1 aromatic carbocycles. The molecular weight excluding hydrogens is 300 g/mol. The van der Waals surface area contributed by atoms with Gasteiger partial charge in [-0.2, -0.15) is 0 Å². The van der Waals surface area contributed by atoms with Crippen molar-refractivity contribution in [3.05, 3.63) is 28.8 Å². The maximum absolute atomic E-state index is 12.1. The number of carbonyl (C=O) groups excluding carboxylic acids is 1. The van der Waals surface area contributed by atoms with Crippen molar-refractivity contribution in [2.75, 3.05) is 19.6 Å². The van der Waals surface area contributed by atoms with Gasteiger partial charge in [0.2, 0.25) is 0 Å². The average molecular weight is 327 g/mol. The molecule has 0 bridgehead atoms.